The first-order valence-electron chi connectivity index (χ1n) is 9.38. The molecule has 1 N–H and O–H groups in total. The van der Waals surface area contributed by atoms with Gasteiger partial charge in [0.25, 0.3) is 5.91 Å². The predicted molar refractivity (Wildman–Crippen MR) is 114 cm³/mol. The number of amides is 3. The molecule has 156 valence electrons. The highest BCUT2D eigenvalue weighted by Crippen LogP contribution is 2.29. The van der Waals surface area contributed by atoms with Gasteiger partial charge in [0.1, 0.15) is 10.7 Å². The molecule has 7 nitrogen and oxygen atoms in total. The SMILES string of the molecule is Cc1ncc(CNC(=O)c2sc(N3CCN(Cc4ccc(F)cc4)C3=O)nc2C)s1. The Morgan fingerprint density at radius 1 is 1.20 bits per heavy atom. The molecular weight excluding hydrogens is 425 g/mol. The second-order valence-corrected chi connectivity index (χ2v) is 9.22. The van der Waals surface area contributed by atoms with Crippen LogP contribution in [0.5, 0.6) is 0 Å². The molecule has 1 aliphatic rings. The zero-order valence-corrected chi connectivity index (χ0v) is 18.1. The summed E-state index contributed by atoms with van der Waals surface area (Å²) in [5.74, 6) is -0.514. The number of halogens is 1. The average Bonchev–Trinajstić information content (AvgIpc) is 3.41. The molecule has 3 aromatic rings. The molecule has 1 aliphatic heterocycles. The number of aryl methyl sites for hydroxylation is 2. The largest absolute Gasteiger partial charge is 0.346 e. The van der Waals surface area contributed by atoms with Crippen LogP contribution in [0.3, 0.4) is 0 Å². The molecule has 0 bridgehead atoms. The van der Waals surface area contributed by atoms with E-state index in [1.165, 1.54) is 34.8 Å². The lowest BCUT2D eigenvalue weighted by molar-refractivity contribution is 0.0954. The topological polar surface area (TPSA) is 78.4 Å². The molecule has 4 rings (SSSR count). The number of aromatic nitrogens is 2. The molecule has 1 aromatic carbocycles. The van der Waals surface area contributed by atoms with Gasteiger partial charge in [-0.3, -0.25) is 9.69 Å². The minimum atomic E-state index is -0.303. The Balaban J connectivity index is 1.41. The number of hydrogen-bond donors (Lipinski definition) is 1. The van der Waals surface area contributed by atoms with Gasteiger partial charge in [0, 0.05) is 30.7 Å². The Hall–Kier alpha value is -2.85. The van der Waals surface area contributed by atoms with E-state index in [0.29, 0.717) is 41.9 Å². The van der Waals surface area contributed by atoms with E-state index in [1.54, 1.807) is 35.1 Å². The number of carbonyl (C=O) groups excluding carboxylic acids is 2. The lowest BCUT2D eigenvalue weighted by Crippen LogP contribution is -2.31. The minimum absolute atomic E-state index is 0.167. The van der Waals surface area contributed by atoms with Gasteiger partial charge in [-0.15, -0.1) is 11.3 Å². The minimum Gasteiger partial charge on any atom is -0.346 e. The summed E-state index contributed by atoms with van der Waals surface area (Å²) in [7, 11) is 0. The Morgan fingerprint density at radius 2 is 1.97 bits per heavy atom. The first kappa shape index (κ1) is 20.4. The van der Waals surface area contributed by atoms with Crippen LogP contribution in [0.2, 0.25) is 0 Å². The van der Waals surface area contributed by atoms with Crippen molar-refractivity contribution in [3.8, 4) is 0 Å². The molecule has 10 heteroatoms. The molecule has 1 fully saturated rings. The number of thiazole rings is 2. The molecule has 0 saturated carbocycles. The van der Waals surface area contributed by atoms with E-state index >= 15 is 0 Å². The smallest absolute Gasteiger partial charge is 0.326 e. The van der Waals surface area contributed by atoms with E-state index in [2.05, 4.69) is 15.3 Å². The lowest BCUT2D eigenvalue weighted by Gasteiger charge is -2.16. The molecule has 3 heterocycles. The van der Waals surface area contributed by atoms with E-state index in [9.17, 15) is 14.0 Å². The quantitative estimate of drug-likeness (QED) is 0.627. The van der Waals surface area contributed by atoms with Gasteiger partial charge in [-0.1, -0.05) is 23.5 Å². The number of carbonyl (C=O) groups is 2. The predicted octanol–water partition coefficient (Wildman–Crippen LogP) is 3.73. The maximum atomic E-state index is 13.1. The number of urea groups is 1. The van der Waals surface area contributed by atoms with Crippen molar-refractivity contribution in [2.45, 2.75) is 26.9 Å². The second kappa shape index (κ2) is 8.49. The van der Waals surface area contributed by atoms with Crippen molar-refractivity contribution in [2.24, 2.45) is 0 Å². The van der Waals surface area contributed by atoms with Crippen molar-refractivity contribution in [3.63, 3.8) is 0 Å². The van der Waals surface area contributed by atoms with Crippen molar-refractivity contribution in [1.82, 2.24) is 20.2 Å². The molecule has 0 aliphatic carbocycles. The summed E-state index contributed by atoms with van der Waals surface area (Å²) in [4.78, 5) is 38.8. The zero-order chi connectivity index (χ0) is 21.3. The molecule has 0 unspecified atom stereocenters. The highest BCUT2D eigenvalue weighted by atomic mass is 32.1. The molecule has 1 saturated heterocycles. The van der Waals surface area contributed by atoms with E-state index in [1.807, 2.05) is 6.92 Å². The highest BCUT2D eigenvalue weighted by Gasteiger charge is 2.32. The fourth-order valence-electron chi connectivity index (χ4n) is 3.16. The van der Waals surface area contributed by atoms with Crippen molar-refractivity contribution < 1.29 is 14.0 Å². The molecular formula is C20H20FN5O2S2. The van der Waals surface area contributed by atoms with Crippen molar-refractivity contribution in [1.29, 1.82) is 0 Å². The summed E-state index contributed by atoms with van der Waals surface area (Å²) >= 11 is 2.75. The van der Waals surface area contributed by atoms with Crippen LogP contribution in [-0.2, 0) is 13.1 Å². The number of hydrogen-bond acceptors (Lipinski definition) is 6. The van der Waals surface area contributed by atoms with Gasteiger partial charge in [0.2, 0.25) is 0 Å². The molecule has 0 spiro atoms. The maximum Gasteiger partial charge on any atom is 0.326 e. The van der Waals surface area contributed by atoms with Crippen molar-refractivity contribution >= 4 is 39.7 Å². The third-order valence-electron chi connectivity index (χ3n) is 4.70. The summed E-state index contributed by atoms with van der Waals surface area (Å²) in [5.41, 5.74) is 1.46. The summed E-state index contributed by atoms with van der Waals surface area (Å²) in [6, 6.07) is 5.95. The molecule has 2 aromatic heterocycles. The lowest BCUT2D eigenvalue weighted by atomic mass is 10.2. The number of anilines is 1. The first-order valence-corrected chi connectivity index (χ1v) is 11.0. The van der Waals surface area contributed by atoms with Gasteiger partial charge in [-0.05, 0) is 31.5 Å². The van der Waals surface area contributed by atoms with Crippen molar-refractivity contribution in [3.05, 3.63) is 62.3 Å². The molecule has 3 amide bonds. The van der Waals surface area contributed by atoms with Crippen LogP contribution in [-0.4, -0.2) is 39.9 Å². The summed E-state index contributed by atoms with van der Waals surface area (Å²) in [6.07, 6.45) is 1.75. The van der Waals surface area contributed by atoms with Crippen LogP contribution in [0.1, 0.15) is 30.8 Å². The van der Waals surface area contributed by atoms with E-state index in [4.69, 9.17) is 0 Å². The second-order valence-electron chi connectivity index (χ2n) is 6.92. The first-order chi connectivity index (χ1) is 14.4. The van der Waals surface area contributed by atoms with Crippen LogP contribution in [0.15, 0.2) is 30.5 Å². The van der Waals surface area contributed by atoms with E-state index in [0.717, 1.165) is 15.4 Å². The number of nitrogens with zero attached hydrogens (tertiary/aromatic N) is 4. The van der Waals surface area contributed by atoms with Gasteiger partial charge in [0.15, 0.2) is 5.13 Å². The monoisotopic (exact) mass is 445 g/mol. The van der Waals surface area contributed by atoms with Crippen LogP contribution >= 0.6 is 22.7 Å². The van der Waals surface area contributed by atoms with Gasteiger partial charge in [-0.2, -0.15) is 0 Å². The summed E-state index contributed by atoms with van der Waals surface area (Å²) < 4.78 is 13.1. The van der Waals surface area contributed by atoms with Gasteiger partial charge >= 0.3 is 6.03 Å². The van der Waals surface area contributed by atoms with Crippen LogP contribution in [0.25, 0.3) is 0 Å². The van der Waals surface area contributed by atoms with Gasteiger partial charge in [-0.25, -0.2) is 19.2 Å². The Labute approximate surface area is 181 Å². The fraction of sp³-hybridized carbons (Fsp3) is 0.300. The third kappa shape index (κ3) is 4.34. The normalized spacial score (nSPS) is 13.9. The standard InChI is InChI=1S/C20H20FN5O2S2/c1-12-17(18(27)23-10-16-9-22-13(2)29-16)30-19(24-12)26-8-7-25(20(26)28)11-14-3-5-15(21)6-4-14/h3-6,9H,7-8,10-11H2,1-2H3,(H,23,27). The number of rotatable bonds is 6. The molecule has 30 heavy (non-hydrogen) atoms. The Bertz CT molecular complexity index is 1080. The highest BCUT2D eigenvalue weighted by molar-refractivity contribution is 7.17. The van der Waals surface area contributed by atoms with Crippen LogP contribution < -0.4 is 10.2 Å². The number of benzene rings is 1. The van der Waals surface area contributed by atoms with Crippen LogP contribution in [0, 0.1) is 19.7 Å². The Kier molecular flexibility index (Phi) is 5.78. The zero-order valence-electron chi connectivity index (χ0n) is 16.5. The summed E-state index contributed by atoms with van der Waals surface area (Å²) in [5, 5.41) is 4.35. The molecule has 0 radical (unpaired) electrons. The summed E-state index contributed by atoms with van der Waals surface area (Å²) in [6.45, 7) is 5.53. The third-order valence-corrected chi connectivity index (χ3v) is 6.79. The van der Waals surface area contributed by atoms with Crippen LogP contribution in [0.4, 0.5) is 14.3 Å². The fourth-order valence-corrected chi connectivity index (χ4v) is 4.90. The van der Waals surface area contributed by atoms with Gasteiger partial charge < -0.3 is 10.2 Å². The van der Waals surface area contributed by atoms with Crippen molar-refractivity contribution in [2.75, 3.05) is 18.0 Å². The average molecular weight is 446 g/mol. The number of nitrogens with one attached hydrogen (secondary N) is 1. The Morgan fingerprint density at radius 3 is 2.67 bits per heavy atom. The van der Waals surface area contributed by atoms with E-state index in [-0.39, 0.29) is 17.8 Å². The van der Waals surface area contributed by atoms with E-state index < -0.39 is 0 Å². The van der Waals surface area contributed by atoms with Gasteiger partial charge in [0.05, 0.1) is 17.2 Å². The molecule has 0 atom stereocenters. The maximum absolute atomic E-state index is 13.1.